The largest absolute Gasteiger partial charge is 0.352 e. The van der Waals surface area contributed by atoms with Crippen LogP contribution in [0.3, 0.4) is 0 Å². The third kappa shape index (κ3) is 4.35. The number of amides is 1. The van der Waals surface area contributed by atoms with E-state index >= 15 is 0 Å². The molecule has 1 heterocycles. The Morgan fingerprint density at radius 3 is 3.07 bits per heavy atom. The summed E-state index contributed by atoms with van der Waals surface area (Å²) < 4.78 is 0. The topological polar surface area (TPSA) is 41.1 Å². The molecular formula is C9H17ClN2OS. The quantitative estimate of drug-likeness (QED) is 0.720. The summed E-state index contributed by atoms with van der Waals surface area (Å²) in [6, 6.07) is 0.190. The average Bonchev–Trinajstić information content (AvgIpc) is 2.55. The van der Waals surface area contributed by atoms with Gasteiger partial charge in [-0.25, -0.2) is 0 Å². The standard InChI is InChI=1S/C9H16N2OS.ClH/c1-3-4-7(2)11-9(12)8-5-13-6-10-8;/h3,7-8,10H,1,4-6H2,2H3,(H,11,12);1H. The van der Waals surface area contributed by atoms with Crippen LogP contribution in [0.15, 0.2) is 12.7 Å². The first-order valence-electron chi connectivity index (χ1n) is 4.46. The van der Waals surface area contributed by atoms with Gasteiger partial charge in [0, 0.05) is 17.7 Å². The van der Waals surface area contributed by atoms with Crippen molar-refractivity contribution in [3.63, 3.8) is 0 Å². The van der Waals surface area contributed by atoms with Crippen molar-refractivity contribution in [1.82, 2.24) is 10.6 Å². The lowest BCUT2D eigenvalue weighted by Gasteiger charge is -2.15. The molecule has 82 valence electrons. The van der Waals surface area contributed by atoms with Crippen molar-refractivity contribution in [2.45, 2.75) is 25.4 Å². The Kier molecular flexibility index (Phi) is 7.05. The molecule has 2 N–H and O–H groups in total. The maximum Gasteiger partial charge on any atom is 0.238 e. The van der Waals surface area contributed by atoms with Gasteiger partial charge in [0.2, 0.25) is 5.91 Å². The molecule has 1 aliphatic rings. The number of hydrogen-bond acceptors (Lipinski definition) is 3. The summed E-state index contributed by atoms with van der Waals surface area (Å²) in [6.07, 6.45) is 2.65. The lowest BCUT2D eigenvalue weighted by atomic mass is 10.2. The first kappa shape index (κ1) is 13.8. The molecule has 0 aromatic heterocycles. The van der Waals surface area contributed by atoms with Gasteiger partial charge >= 0.3 is 0 Å². The van der Waals surface area contributed by atoms with Crippen LogP contribution in [0.25, 0.3) is 0 Å². The van der Waals surface area contributed by atoms with Crippen molar-refractivity contribution >= 4 is 30.1 Å². The Morgan fingerprint density at radius 2 is 2.57 bits per heavy atom. The van der Waals surface area contributed by atoms with Crippen LogP contribution in [0.2, 0.25) is 0 Å². The Bertz CT molecular complexity index is 195. The second-order valence-corrected chi connectivity index (χ2v) is 4.24. The summed E-state index contributed by atoms with van der Waals surface area (Å²) >= 11 is 1.76. The first-order valence-corrected chi connectivity index (χ1v) is 5.62. The Morgan fingerprint density at radius 1 is 1.86 bits per heavy atom. The summed E-state index contributed by atoms with van der Waals surface area (Å²) in [7, 11) is 0. The van der Waals surface area contributed by atoms with Gasteiger partial charge in [-0.1, -0.05) is 6.08 Å². The average molecular weight is 237 g/mol. The van der Waals surface area contributed by atoms with Crippen LogP contribution in [0.4, 0.5) is 0 Å². The number of rotatable bonds is 4. The molecule has 14 heavy (non-hydrogen) atoms. The summed E-state index contributed by atoms with van der Waals surface area (Å²) in [6.45, 7) is 5.62. The Balaban J connectivity index is 0.00000169. The number of carbonyl (C=O) groups is 1. The fourth-order valence-electron chi connectivity index (χ4n) is 1.22. The molecule has 1 fully saturated rings. The number of nitrogens with one attached hydrogen (secondary N) is 2. The predicted molar refractivity (Wildman–Crippen MR) is 63.9 cm³/mol. The Labute approximate surface area is 95.5 Å². The van der Waals surface area contributed by atoms with Crippen molar-refractivity contribution in [3.8, 4) is 0 Å². The molecule has 1 aliphatic heterocycles. The first-order chi connectivity index (χ1) is 6.24. The number of carbonyl (C=O) groups excluding carboxylic acids is 1. The summed E-state index contributed by atoms with van der Waals surface area (Å²) in [5, 5.41) is 6.07. The van der Waals surface area contributed by atoms with Gasteiger partial charge < -0.3 is 5.32 Å². The molecule has 1 amide bonds. The number of hydrogen-bond donors (Lipinski definition) is 2. The van der Waals surface area contributed by atoms with E-state index in [1.54, 1.807) is 11.8 Å². The van der Waals surface area contributed by atoms with E-state index in [2.05, 4.69) is 17.2 Å². The third-order valence-corrected chi connectivity index (χ3v) is 2.88. The van der Waals surface area contributed by atoms with Gasteiger partial charge in [0.1, 0.15) is 0 Å². The SMILES string of the molecule is C=CCC(C)NC(=O)C1CSCN1.Cl. The van der Waals surface area contributed by atoms with Crippen molar-refractivity contribution in [3.05, 3.63) is 12.7 Å². The highest BCUT2D eigenvalue weighted by atomic mass is 35.5. The lowest BCUT2D eigenvalue weighted by molar-refractivity contribution is -0.122. The minimum atomic E-state index is -0.00253. The monoisotopic (exact) mass is 236 g/mol. The van der Waals surface area contributed by atoms with E-state index in [0.717, 1.165) is 18.1 Å². The maximum atomic E-state index is 11.5. The van der Waals surface area contributed by atoms with Crippen LogP contribution < -0.4 is 10.6 Å². The van der Waals surface area contributed by atoms with Gasteiger partial charge in [-0.15, -0.1) is 30.7 Å². The molecular weight excluding hydrogens is 220 g/mol. The molecule has 1 saturated heterocycles. The summed E-state index contributed by atoms with van der Waals surface area (Å²) in [4.78, 5) is 11.5. The van der Waals surface area contributed by atoms with E-state index in [1.165, 1.54) is 0 Å². The van der Waals surface area contributed by atoms with Crippen molar-refractivity contribution in [2.24, 2.45) is 0 Å². The molecule has 0 spiro atoms. The molecule has 0 aliphatic carbocycles. The molecule has 0 aromatic carbocycles. The van der Waals surface area contributed by atoms with Crippen molar-refractivity contribution in [1.29, 1.82) is 0 Å². The highest BCUT2D eigenvalue weighted by Gasteiger charge is 2.22. The van der Waals surface area contributed by atoms with E-state index in [0.29, 0.717) is 0 Å². The zero-order chi connectivity index (χ0) is 9.68. The molecule has 2 unspecified atom stereocenters. The molecule has 2 atom stereocenters. The summed E-state index contributed by atoms with van der Waals surface area (Å²) in [5.41, 5.74) is 0. The van der Waals surface area contributed by atoms with Gasteiger partial charge in [-0.2, -0.15) is 0 Å². The number of halogens is 1. The molecule has 3 nitrogen and oxygen atoms in total. The molecule has 1 rings (SSSR count). The van der Waals surface area contributed by atoms with Gasteiger partial charge in [0.15, 0.2) is 0 Å². The predicted octanol–water partition coefficient (Wildman–Crippen LogP) is 1.15. The molecule has 5 heteroatoms. The van der Waals surface area contributed by atoms with Crippen LogP contribution >= 0.6 is 24.2 Å². The zero-order valence-electron chi connectivity index (χ0n) is 8.29. The molecule has 0 radical (unpaired) electrons. The van der Waals surface area contributed by atoms with Crippen LogP contribution in [-0.4, -0.2) is 29.6 Å². The number of thioether (sulfide) groups is 1. The second-order valence-electron chi connectivity index (χ2n) is 3.21. The molecule has 0 bridgehead atoms. The van der Waals surface area contributed by atoms with Crippen molar-refractivity contribution in [2.75, 3.05) is 11.6 Å². The molecule has 0 saturated carbocycles. The van der Waals surface area contributed by atoms with Crippen LogP contribution in [-0.2, 0) is 4.79 Å². The zero-order valence-corrected chi connectivity index (χ0v) is 9.92. The van der Waals surface area contributed by atoms with Crippen LogP contribution in [0, 0.1) is 0 Å². The van der Waals surface area contributed by atoms with E-state index in [-0.39, 0.29) is 30.4 Å². The highest BCUT2D eigenvalue weighted by molar-refractivity contribution is 7.99. The van der Waals surface area contributed by atoms with Crippen LogP contribution in [0.5, 0.6) is 0 Å². The smallest absolute Gasteiger partial charge is 0.238 e. The molecule has 0 aromatic rings. The van der Waals surface area contributed by atoms with E-state index in [1.807, 2.05) is 13.0 Å². The van der Waals surface area contributed by atoms with Gasteiger partial charge in [0.25, 0.3) is 0 Å². The minimum Gasteiger partial charge on any atom is -0.352 e. The summed E-state index contributed by atoms with van der Waals surface area (Å²) in [5.74, 6) is 1.87. The Hall–Kier alpha value is -0.190. The van der Waals surface area contributed by atoms with Crippen molar-refractivity contribution < 1.29 is 4.79 Å². The van der Waals surface area contributed by atoms with E-state index in [4.69, 9.17) is 0 Å². The maximum absolute atomic E-state index is 11.5. The van der Waals surface area contributed by atoms with E-state index < -0.39 is 0 Å². The normalized spacial score (nSPS) is 22.2. The second kappa shape index (κ2) is 7.15. The van der Waals surface area contributed by atoms with Gasteiger partial charge in [-0.3, -0.25) is 10.1 Å². The minimum absolute atomic E-state index is 0. The van der Waals surface area contributed by atoms with E-state index in [9.17, 15) is 4.79 Å². The van der Waals surface area contributed by atoms with Gasteiger partial charge in [-0.05, 0) is 13.3 Å². The van der Waals surface area contributed by atoms with Gasteiger partial charge in [0.05, 0.1) is 6.04 Å². The van der Waals surface area contributed by atoms with Crippen LogP contribution in [0.1, 0.15) is 13.3 Å². The third-order valence-electron chi connectivity index (χ3n) is 1.94. The fraction of sp³-hybridized carbons (Fsp3) is 0.667. The highest BCUT2D eigenvalue weighted by Crippen LogP contribution is 2.09. The fourth-order valence-corrected chi connectivity index (χ4v) is 2.16. The lowest BCUT2D eigenvalue weighted by Crippen LogP contribution is -2.45.